The Kier molecular flexibility index (Phi) is 5.69. The maximum Gasteiger partial charge on any atom is 0.251 e. The second-order valence-electron chi connectivity index (χ2n) is 6.52. The first kappa shape index (κ1) is 17.7. The Morgan fingerprint density at radius 3 is 2.23 bits per heavy atom. The zero-order chi connectivity index (χ0) is 16.9. The highest BCUT2D eigenvalue weighted by Crippen LogP contribution is 2.22. The Morgan fingerprint density at radius 2 is 1.82 bits per heavy atom. The number of nitrogens with two attached hydrogens (primary N) is 1. The van der Waals surface area contributed by atoms with Crippen molar-refractivity contribution in [3.63, 3.8) is 0 Å². The van der Waals surface area contributed by atoms with Gasteiger partial charge >= 0.3 is 0 Å². The van der Waals surface area contributed by atoms with Crippen LogP contribution >= 0.6 is 0 Å². The van der Waals surface area contributed by atoms with Gasteiger partial charge in [0, 0.05) is 11.5 Å². The molecule has 118 valence electrons. The van der Waals surface area contributed by atoms with Crippen LogP contribution in [-0.4, -0.2) is 17.9 Å². The summed E-state index contributed by atoms with van der Waals surface area (Å²) in [5, 5.41) is 11.4. The molecule has 1 aromatic carbocycles. The minimum Gasteiger partial charge on any atom is -0.368 e. The van der Waals surface area contributed by atoms with Gasteiger partial charge in [-0.15, -0.1) is 0 Å². The molecule has 22 heavy (non-hydrogen) atoms. The van der Waals surface area contributed by atoms with Gasteiger partial charge in [0.15, 0.2) is 0 Å². The van der Waals surface area contributed by atoms with Crippen molar-refractivity contribution in [3.05, 3.63) is 35.4 Å². The van der Waals surface area contributed by atoms with Crippen molar-refractivity contribution in [2.24, 2.45) is 11.7 Å². The number of nitrogens with zero attached hydrogens (tertiary/aromatic N) is 1. The molecule has 1 rings (SSSR count). The van der Waals surface area contributed by atoms with Gasteiger partial charge in [-0.1, -0.05) is 32.9 Å². The van der Waals surface area contributed by atoms with E-state index in [9.17, 15) is 9.59 Å². The highest BCUT2D eigenvalue weighted by Gasteiger charge is 2.22. The number of carbonyl (C=O) groups excluding carboxylic acids is 2. The van der Waals surface area contributed by atoms with Crippen molar-refractivity contribution in [3.8, 4) is 6.07 Å². The van der Waals surface area contributed by atoms with Crippen LogP contribution in [0.4, 0.5) is 0 Å². The number of nitriles is 1. The fourth-order valence-corrected chi connectivity index (χ4v) is 2.02. The molecule has 0 heterocycles. The normalized spacial score (nSPS) is 13.8. The van der Waals surface area contributed by atoms with E-state index in [1.165, 1.54) is 0 Å². The lowest BCUT2D eigenvalue weighted by molar-refractivity contribution is -0.120. The maximum absolute atomic E-state index is 12.2. The summed E-state index contributed by atoms with van der Waals surface area (Å²) in [7, 11) is 0. The van der Waals surface area contributed by atoms with Crippen molar-refractivity contribution in [1.29, 1.82) is 5.26 Å². The second-order valence-corrected chi connectivity index (χ2v) is 6.52. The number of nitrogens with one attached hydrogen (secondary N) is 1. The van der Waals surface area contributed by atoms with Gasteiger partial charge in [-0.2, -0.15) is 5.26 Å². The maximum atomic E-state index is 12.2. The monoisotopic (exact) mass is 301 g/mol. The van der Waals surface area contributed by atoms with Crippen LogP contribution in [-0.2, 0) is 10.2 Å². The third kappa shape index (κ3) is 4.88. The van der Waals surface area contributed by atoms with Crippen LogP contribution in [0.2, 0.25) is 0 Å². The molecule has 1 aromatic rings. The van der Waals surface area contributed by atoms with Gasteiger partial charge < -0.3 is 11.1 Å². The lowest BCUT2D eigenvalue weighted by Gasteiger charge is -2.20. The SMILES string of the molecule is C[C@H](C#N)C[C@@H](NC(=O)c1ccc(C(C)(C)C)cc1)C(N)=O. The predicted molar refractivity (Wildman–Crippen MR) is 85.0 cm³/mol. The summed E-state index contributed by atoms with van der Waals surface area (Å²) in [6.45, 7) is 7.96. The lowest BCUT2D eigenvalue weighted by Crippen LogP contribution is -2.45. The third-order valence-electron chi connectivity index (χ3n) is 3.47. The van der Waals surface area contributed by atoms with E-state index in [2.05, 4.69) is 26.1 Å². The molecule has 0 saturated heterocycles. The van der Waals surface area contributed by atoms with Gasteiger partial charge in [0.05, 0.1) is 6.07 Å². The van der Waals surface area contributed by atoms with Crippen LogP contribution in [0.5, 0.6) is 0 Å². The third-order valence-corrected chi connectivity index (χ3v) is 3.47. The van der Waals surface area contributed by atoms with Gasteiger partial charge in [-0.05, 0) is 36.5 Å². The molecule has 0 aromatic heterocycles. The number of primary amides is 1. The Bertz CT molecular complexity index is 579. The minimum atomic E-state index is -0.843. The molecule has 0 aliphatic carbocycles. The first-order valence-electron chi connectivity index (χ1n) is 7.25. The van der Waals surface area contributed by atoms with E-state index in [-0.39, 0.29) is 23.7 Å². The van der Waals surface area contributed by atoms with Gasteiger partial charge in [0.2, 0.25) is 5.91 Å². The summed E-state index contributed by atoms with van der Waals surface area (Å²) in [5.41, 5.74) is 6.87. The fourth-order valence-electron chi connectivity index (χ4n) is 2.02. The number of benzene rings is 1. The molecule has 0 unspecified atom stereocenters. The Labute approximate surface area is 131 Å². The number of hydrogen-bond donors (Lipinski definition) is 2. The second kappa shape index (κ2) is 7.08. The summed E-state index contributed by atoms with van der Waals surface area (Å²) in [5.74, 6) is -1.36. The molecule has 5 nitrogen and oxygen atoms in total. The molecule has 2 amide bonds. The number of amides is 2. The molecule has 3 N–H and O–H groups in total. The molecule has 5 heteroatoms. The van der Waals surface area contributed by atoms with Crippen LogP contribution in [0.15, 0.2) is 24.3 Å². The average Bonchev–Trinajstić information content (AvgIpc) is 2.45. The Balaban J connectivity index is 2.82. The summed E-state index contributed by atoms with van der Waals surface area (Å²) in [6, 6.07) is 8.42. The Morgan fingerprint density at radius 1 is 1.27 bits per heavy atom. The summed E-state index contributed by atoms with van der Waals surface area (Å²) >= 11 is 0. The van der Waals surface area contributed by atoms with Gasteiger partial charge in [-0.25, -0.2) is 0 Å². The number of hydrogen-bond acceptors (Lipinski definition) is 3. The number of carbonyl (C=O) groups is 2. The van der Waals surface area contributed by atoms with Crippen LogP contribution in [0.3, 0.4) is 0 Å². The molecule has 0 fully saturated rings. The molecule has 0 aliphatic heterocycles. The van der Waals surface area contributed by atoms with E-state index in [4.69, 9.17) is 11.0 Å². The van der Waals surface area contributed by atoms with E-state index >= 15 is 0 Å². The molecule has 0 radical (unpaired) electrons. The summed E-state index contributed by atoms with van der Waals surface area (Å²) < 4.78 is 0. The molecule has 0 saturated carbocycles. The largest absolute Gasteiger partial charge is 0.368 e. The van der Waals surface area contributed by atoms with E-state index in [0.717, 1.165) is 5.56 Å². The quantitative estimate of drug-likeness (QED) is 0.871. The van der Waals surface area contributed by atoms with Crippen molar-refractivity contribution in [2.75, 3.05) is 0 Å². The van der Waals surface area contributed by atoms with Gasteiger partial charge in [-0.3, -0.25) is 9.59 Å². The minimum absolute atomic E-state index is 0.00694. The Hall–Kier alpha value is -2.35. The molecule has 2 atom stereocenters. The zero-order valence-corrected chi connectivity index (χ0v) is 13.5. The summed E-state index contributed by atoms with van der Waals surface area (Å²) in [6.07, 6.45) is 0.206. The van der Waals surface area contributed by atoms with Gasteiger partial charge in [0.1, 0.15) is 6.04 Å². The molecule has 0 bridgehead atoms. The number of rotatable bonds is 5. The first-order chi connectivity index (χ1) is 10.1. The van der Waals surface area contributed by atoms with Crippen LogP contribution in [0.1, 0.15) is 50.0 Å². The predicted octanol–water partition coefficient (Wildman–Crippen LogP) is 2.12. The highest BCUT2D eigenvalue weighted by atomic mass is 16.2. The van der Waals surface area contributed by atoms with E-state index < -0.39 is 11.9 Å². The molecular formula is C17H23N3O2. The zero-order valence-electron chi connectivity index (χ0n) is 13.5. The fraction of sp³-hybridized carbons (Fsp3) is 0.471. The van der Waals surface area contributed by atoms with E-state index in [1.54, 1.807) is 19.1 Å². The van der Waals surface area contributed by atoms with Crippen LogP contribution < -0.4 is 11.1 Å². The van der Waals surface area contributed by atoms with E-state index in [0.29, 0.717) is 5.56 Å². The molecule has 0 spiro atoms. The van der Waals surface area contributed by atoms with Gasteiger partial charge in [0.25, 0.3) is 5.91 Å². The molecule has 0 aliphatic rings. The van der Waals surface area contributed by atoms with E-state index in [1.807, 2.05) is 18.2 Å². The van der Waals surface area contributed by atoms with Crippen molar-refractivity contribution < 1.29 is 9.59 Å². The summed E-state index contributed by atoms with van der Waals surface area (Å²) in [4.78, 5) is 23.6. The standard InChI is InChI=1S/C17H23N3O2/c1-11(10-18)9-14(15(19)21)20-16(22)12-5-7-13(8-6-12)17(2,3)4/h5-8,11,14H,9H2,1-4H3,(H2,19,21)(H,20,22)/t11-,14+/m0/s1. The lowest BCUT2D eigenvalue weighted by atomic mass is 9.86. The van der Waals surface area contributed by atoms with Crippen LogP contribution in [0.25, 0.3) is 0 Å². The smallest absolute Gasteiger partial charge is 0.251 e. The van der Waals surface area contributed by atoms with Crippen molar-refractivity contribution >= 4 is 11.8 Å². The van der Waals surface area contributed by atoms with Crippen molar-refractivity contribution in [1.82, 2.24) is 5.32 Å². The molecular weight excluding hydrogens is 278 g/mol. The van der Waals surface area contributed by atoms with Crippen molar-refractivity contribution in [2.45, 2.75) is 45.6 Å². The average molecular weight is 301 g/mol. The topological polar surface area (TPSA) is 96.0 Å². The first-order valence-corrected chi connectivity index (χ1v) is 7.25. The highest BCUT2D eigenvalue weighted by molar-refractivity contribution is 5.97. The van der Waals surface area contributed by atoms with Crippen LogP contribution in [0, 0.1) is 17.2 Å².